The predicted molar refractivity (Wildman–Crippen MR) is 67.1 cm³/mol. The standard InChI is InChI=1S/C13H20N2O2/c1-4-5-6-7-12(11(3)16)15-13(17)9-8-10(2)14-15/h8-9,12H,4-7H2,1-3H3/t12-/m1/s1. The van der Waals surface area contributed by atoms with E-state index in [1.165, 1.54) is 17.7 Å². The summed E-state index contributed by atoms with van der Waals surface area (Å²) < 4.78 is 1.33. The van der Waals surface area contributed by atoms with Gasteiger partial charge in [-0.2, -0.15) is 5.10 Å². The van der Waals surface area contributed by atoms with E-state index in [-0.39, 0.29) is 11.3 Å². The first-order valence-corrected chi connectivity index (χ1v) is 6.13. The molecule has 0 spiro atoms. The maximum Gasteiger partial charge on any atom is 0.267 e. The van der Waals surface area contributed by atoms with E-state index in [9.17, 15) is 9.59 Å². The summed E-state index contributed by atoms with van der Waals surface area (Å²) >= 11 is 0. The van der Waals surface area contributed by atoms with Gasteiger partial charge in [-0.3, -0.25) is 9.59 Å². The number of aromatic nitrogens is 2. The molecule has 0 amide bonds. The van der Waals surface area contributed by atoms with Crippen LogP contribution in [0.25, 0.3) is 0 Å². The lowest BCUT2D eigenvalue weighted by molar-refractivity contribution is -0.120. The second-order valence-electron chi connectivity index (χ2n) is 4.38. The van der Waals surface area contributed by atoms with E-state index in [1.54, 1.807) is 6.07 Å². The van der Waals surface area contributed by atoms with Crippen molar-refractivity contribution >= 4 is 5.78 Å². The third kappa shape index (κ3) is 3.80. The van der Waals surface area contributed by atoms with Gasteiger partial charge in [-0.1, -0.05) is 26.2 Å². The van der Waals surface area contributed by atoms with Crippen LogP contribution < -0.4 is 5.56 Å². The summed E-state index contributed by atoms with van der Waals surface area (Å²) in [6.07, 6.45) is 3.81. The van der Waals surface area contributed by atoms with Gasteiger partial charge in [0.2, 0.25) is 0 Å². The average molecular weight is 236 g/mol. The molecule has 1 rings (SSSR count). The molecule has 0 saturated carbocycles. The van der Waals surface area contributed by atoms with Crippen LogP contribution >= 0.6 is 0 Å². The number of aryl methyl sites for hydroxylation is 1. The lowest BCUT2D eigenvalue weighted by atomic mass is 10.1. The molecule has 0 aliphatic rings. The summed E-state index contributed by atoms with van der Waals surface area (Å²) in [5, 5.41) is 4.16. The van der Waals surface area contributed by atoms with Crippen LogP contribution in [0.3, 0.4) is 0 Å². The van der Waals surface area contributed by atoms with Gasteiger partial charge in [-0.05, 0) is 26.3 Å². The van der Waals surface area contributed by atoms with Crippen LogP contribution in [-0.2, 0) is 4.79 Å². The zero-order chi connectivity index (χ0) is 12.8. The molecule has 1 heterocycles. The highest BCUT2D eigenvalue weighted by Gasteiger charge is 2.18. The summed E-state index contributed by atoms with van der Waals surface area (Å²) in [4.78, 5) is 23.3. The minimum atomic E-state index is -0.408. The molecule has 4 heteroatoms. The molecule has 0 aliphatic heterocycles. The molecular weight excluding hydrogens is 216 g/mol. The molecule has 0 bridgehead atoms. The highest BCUT2D eigenvalue weighted by Crippen LogP contribution is 2.14. The normalized spacial score (nSPS) is 12.4. The molecule has 0 aromatic carbocycles. The molecule has 0 saturated heterocycles. The molecule has 94 valence electrons. The lowest BCUT2D eigenvalue weighted by Crippen LogP contribution is -2.31. The van der Waals surface area contributed by atoms with E-state index in [1.807, 2.05) is 6.92 Å². The fourth-order valence-electron chi connectivity index (χ4n) is 1.83. The van der Waals surface area contributed by atoms with Crippen molar-refractivity contribution in [2.45, 2.75) is 52.5 Å². The molecule has 0 radical (unpaired) electrons. The molecule has 17 heavy (non-hydrogen) atoms. The summed E-state index contributed by atoms with van der Waals surface area (Å²) in [5.41, 5.74) is 0.554. The van der Waals surface area contributed by atoms with Gasteiger partial charge >= 0.3 is 0 Å². The second kappa shape index (κ2) is 6.33. The first-order valence-electron chi connectivity index (χ1n) is 6.13. The Kier molecular flexibility index (Phi) is 5.07. The van der Waals surface area contributed by atoms with Gasteiger partial charge in [0.1, 0.15) is 6.04 Å². The molecule has 0 unspecified atom stereocenters. The number of ketones is 1. The van der Waals surface area contributed by atoms with Crippen molar-refractivity contribution in [3.8, 4) is 0 Å². The number of unbranched alkanes of at least 4 members (excludes halogenated alkanes) is 2. The fraction of sp³-hybridized carbons (Fsp3) is 0.615. The van der Waals surface area contributed by atoms with Crippen LogP contribution in [0, 0.1) is 6.92 Å². The largest absolute Gasteiger partial charge is 0.298 e. The third-order valence-electron chi connectivity index (χ3n) is 2.80. The van der Waals surface area contributed by atoms with Crippen molar-refractivity contribution in [1.29, 1.82) is 0 Å². The minimum absolute atomic E-state index is 0.00121. The van der Waals surface area contributed by atoms with E-state index in [4.69, 9.17) is 0 Å². The first-order chi connectivity index (χ1) is 8.06. The maximum absolute atomic E-state index is 11.7. The second-order valence-corrected chi connectivity index (χ2v) is 4.38. The SMILES string of the molecule is CCCCC[C@H](C(C)=O)n1nc(C)ccc1=O. The number of rotatable bonds is 6. The van der Waals surface area contributed by atoms with Crippen LogP contribution in [-0.4, -0.2) is 15.6 Å². The quantitative estimate of drug-likeness (QED) is 0.712. The molecule has 0 fully saturated rings. The zero-order valence-electron chi connectivity index (χ0n) is 10.8. The van der Waals surface area contributed by atoms with Crippen molar-refractivity contribution in [3.05, 3.63) is 28.2 Å². The van der Waals surface area contributed by atoms with Gasteiger partial charge in [0.15, 0.2) is 5.78 Å². The van der Waals surface area contributed by atoms with E-state index >= 15 is 0 Å². The Morgan fingerprint density at radius 2 is 2.12 bits per heavy atom. The molecular formula is C13H20N2O2. The van der Waals surface area contributed by atoms with Crippen molar-refractivity contribution in [2.24, 2.45) is 0 Å². The number of nitrogens with zero attached hydrogens (tertiary/aromatic N) is 2. The molecule has 1 aromatic heterocycles. The Morgan fingerprint density at radius 3 is 2.71 bits per heavy atom. The first kappa shape index (κ1) is 13.6. The highest BCUT2D eigenvalue weighted by molar-refractivity contribution is 5.79. The fourth-order valence-corrected chi connectivity index (χ4v) is 1.83. The van der Waals surface area contributed by atoms with Crippen LogP contribution in [0.2, 0.25) is 0 Å². The van der Waals surface area contributed by atoms with Crippen molar-refractivity contribution < 1.29 is 4.79 Å². The van der Waals surface area contributed by atoms with E-state index < -0.39 is 6.04 Å². The number of hydrogen-bond acceptors (Lipinski definition) is 3. The monoisotopic (exact) mass is 236 g/mol. The average Bonchev–Trinajstić information content (AvgIpc) is 2.28. The van der Waals surface area contributed by atoms with Crippen LogP contribution in [0.4, 0.5) is 0 Å². The summed E-state index contributed by atoms with van der Waals surface area (Å²) in [6, 6.07) is 2.73. The smallest absolute Gasteiger partial charge is 0.267 e. The van der Waals surface area contributed by atoms with Crippen molar-refractivity contribution in [3.63, 3.8) is 0 Å². The van der Waals surface area contributed by atoms with Crippen LogP contribution in [0.5, 0.6) is 0 Å². The molecule has 1 atom stereocenters. The van der Waals surface area contributed by atoms with E-state index in [0.717, 1.165) is 25.0 Å². The summed E-state index contributed by atoms with van der Waals surface area (Å²) in [7, 11) is 0. The molecule has 0 aliphatic carbocycles. The Hall–Kier alpha value is -1.45. The number of carbonyl (C=O) groups excluding carboxylic acids is 1. The molecule has 4 nitrogen and oxygen atoms in total. The zero-order valence-corrected chi connectivity index (χ0v) is 10.8. The number of carbonyl (C=O) groups is 1. The van der Waals surface area contributed by atoms with Gasteiger partial charge in [-0.25, -0.2) is 4.68 Å². The Morgan fingerprint density at radius 1 is 1.41 bits per heavy atom. The van der Waals surface area contributed by atoms with E-state index in [2.05, 4.69) is 12.0 Å². The van der Waals surface area contributed by atoms with Crippen LogP contribution in [0.1, 0.15) is 51.3 Å². The summed E-state index contributed by atoms with van der Waals surface area (Å²) in [5.74, 6) is 0.00121. The van der Waals surface area contributed by atoms with Gasteiger partial charge in [0, 0.05) is 6.07 Å². The third-order valence-corrected chi connectivity index (χ3v) is 2.80. The highest BCUT2D eigenvalue weighted by atomic mass is 16.1. The summed E-state index contributed by atoms with van der Waals surface area (Å²) in [6.45, 7) is 5.45. The minimum Gasteiger partial charge on any atom is -0.298 e. The predicted octanol–water partition coefficient (Wildman–Crippen LogP) is 2.26. The number of hydrogen-bond donors (Lipinski definition) is 0. The Balaban J connectivity index is 2.93. The van der Waals surface area contributed by atoms with Gasteiger partial charge in [0.05, 0.1) is 5.69 Å². The molecule has 0 N–H and O–H groups in total. The number of Topliss-reactive ketones (excluding diaryl/α,β-unsaturated/α-hetero) is 1. The van der Waals surface area contributed by atoms with Crippen LogP contribution in [0.15, 0.2) is 16.9 Å². The Labute approximate surface area is 102 Å². The van der Waals surface area contributed by atoms with Crippen molar-refractivity contribution in [2.75, 3.05) is 0 Å². The lowest BCUT2D eigenvalue weighted by Gasteiger charge is -2.15. The van der Waals surface area contributed by atoms with E-state index in [0.29, 0.717) is 6.42 Å². The van der Waals surface area contributed by atoms with Crippen molar-refractivity contribution in [1.82, 2.24) is 9.78 Å². The van der Waals surface area contributed by atoms with Gasteiger partial charge in [0.25, 0.3) is 5.56 Å². The maximum atomic E-state index is 11.7. The molecule has 1 aromatic rings. The topological polar surface area (TPSA) is 52.0 Å². The van der Waals surface area contributed by atoms with Gasteiger partial charge < -0.3 is 0 Å². The Bertz CT molecular complexity index is 437. The van der Waals surface area contributed by atoms with Gasteiger partial charge in [-0.15, -0.1) is 0 Å².